The maximum atomic E-state index is 14.8. The number of nitriles is 1. The Morgan fingerprint density at radius 1 is 1.38 bits per heavy atom. The summed E-state index contributed by atoms with van der Waals surface area (Å²) in [7, 11) is 1.85. The zero-order valence-electron chi connectivity index (χ0n) is 16.1. The van der Waals surface area contributed by atoms with Crippen LogP contribution in [0.3, 0.4) is 0 Å². The first-order valence-electron chi connectivity index (χ1n) is 9.20. The predicted octanol–water partition coefficient (Wildman–Crippen LogP) is 2.93. The molecule has 0 saturated carbocycles. The van der Waals surface area contributed by atoms with Gasteiger partial charge in [0.05, 0.1) is 30.3 Å². The van der Waals surface area contributed by atoms with Crippen molar-refractivity contribution in [1.29, 1.82) is 5.26 Å². The fourth-order valence-corrected chi connectivity index (χ4v) is 3.63. The lowest BCUT2D eigenvalue weighted by Gasteiger charge is -2.17. The summed E-state index contributed by atoms with van der Waals surface area (Å²) in [5.74, 6) is 0.841. The minimum Gasteiger partial charge on any atom is -0.382 e. The normalized spacial score (nSPS) is 15.0. The van der Waals surface area contributed by atoms with E-state index < -0.39 is 0 Å². The monoisotopic (exact) mass is 393 g/mol. The molecule has 0 unspecified atom stereocenters. The van der Waals surface area contributed by atoms with Gasteiger partial charge in [0.25, 0.3) is 0 Å². The lowest BCUT2D eigenvalue weighted by molar-refractivity contribution is 0.161. The molecule has 3 heterocycles. The van der Waals surface area contributed by atoms with Crippen LogP contribution in [0.25, 0.3) is 16.6 Å². The first-order valence-corrected chi connectivity index (χ1v) is 9.20. The van der Waals surface area contributed by atoms with Crippen LogP contribution in [0, 0.1) is 17.1 Å². The van der Waals surface area contributed by atoms with Crippen LogP contribution in [-0.2, 0) is 11.8 Å². The van der Waals surface area contributed by atoms with Crippen molar-refractivity contribution < 1.29 is 9.13 Å². The van der Waals surface area contributed by atoms with E-state index in [-0.39, 0.29) is 23.2 Å². The topological polar surface area (TPSA) is 115 Å². The van der Waals surface area contributed by atoms with E-state index in [0.717, 1.165) is 11.1 Å². The molecule has 0 spiro atoms. The standard InChI is InChI=1S/C20H20FN7O/c1-11(26-19-13(9-22)18(23)24-10-25-19)20-27-15-4-3-14(21)16(17(15)28(20)2)12-5-7-29-8-6-12/h3-5,10-11H,6-8H2,1-2H3,(H3,23,24,25,26)/t11-/m0/s1. The Bertz CT molecular complexity index is 1160. The molecule has 0 amide bonds. The Morgan fingerprint density at radius 3 is 2.93 bits per heavy atom. The van der Waals surface area contributed by atoms with Crippen molar-refractivity contribution in [3.05, 3.63) is 47.3 Å². The van der Waals surface area contributed by atoms with Crippen molar-refractivity contribution in [2.24, 2.45) is 7.05 Å². The molecule has 0 radical (unpaired) electrons. The number of ether oxygens (including phenoxy) is 1. The smallest absolute Gasteiger partial charge is 0.150 e. The first kappa shape index (κ1) is 18.8. The van der Waals surface area contributed by atoms with Crippen molar-refractivity contribution in [3.63, 3.8) is 0 Å². The molecule has 2 aromatic heterocycles. The third-order valence-corrected chi connectivity index (χ3v) is 5.03. The van der Waals surface area contributed by atoms with Crippen LogP contribution in [-0.4, -0.2) is 32.7 Å². The van der Waals surface area contributed by atoms with Gasteiger partial charge in [0, 0.05) is 12.6 Å². The van der Waals surface area contributed by atoms with Gasteiger partial charge in [0.15, 0.2) is 0 Å². The summed E-state index contributed by atoms with van der Waals surface area (Å²) in [5.41, 5.74) is 8.85. The zero-order chi connectivity index (χ0) is 20.5. The molecule has 1 aromatic carbocycles. The highest BCUT2D eigenvalue weighted by Gasteiger charge is 2.22. The molecule has 0 aliphatic carbocycles. The largest absolute Gasteiger partial charge is 0.382 e. The SMILES string of the molecule is C[C@H](Nc1ncnc(N)c1C#N)c1nc2ccc(F)c(C3=CCOCC3)c2n1C. The van der Waals surface area contributed by atoms with E-state index in [0.29, 0.717) is 42.4 Å². The van der Waals surface area contributed by atoms with Gasteiger partial charge in [-0.25, -0.2) is 19.3 Å². The molecule has 9 heteroatoms. The molecule has 8 nitrogen and oxygen atoms in total. The van der Waals surface area contributed by atoms with E-state index in [1.54, 1.807) is 6.07 Å². The zero-order valence-corrected chi connectivity index (χ0v) is 16.1. The number of rotatable bonds is 4. The molecular weight excluding hydrogens is 373 g/mol. The van der Waals surface area contributed by atoms with Crippen molar-refractivity contribution >= 4 is 28.2 Å². The molecule has 3 N–H and O–H groups in total. The molecule has 0 bridgehead atoms. The summed E-state index contributed by atoms with van der Waals surface area (Å²) in [6.45, 7) is 2.93. The van der Waals surface area contributed by atoms with Crippen LogP contribution in [0.1, 0.15) is 36.3 Å². The Balaban J connectivity index is 1.78. The van der Waals surface area contributed by atoms with Crippen LogP contribution in [0.5, 0.6) is 0 Å². The van der Waals surface area contributed by atoms with Crippen LogP contribution >= 0.6 is 0 Å². The number of fused-ring (bicyclic) bond motifs is 1. The van der Waals surface area contributed by atoms with Gasteiger partial charge >= 0.3 is 0 Å². The van der Waals surface area contributed by atoms with Gasteiger partial charge in [0.1, 0.15) is 41.2 Å². The average Bonchev–Trinajstić information content (AvgIpc) is 3.05. The van der Waals surface area contributed by atoms with Gasteiger partial charge in [-0.15, -0.1) is 0 Å². The summed E-state index contributed by atoms with van der Waals surface area (Å²) in [5, 5.41) is 12.5. The Morgan fingerprint density at radius 2 is 2.21 bits per heavy atom. The molecule has 1 aliphatic heterocycles. The minimum absolute atomic E-state index is 0.109. The third kappa shape index (κ3) is 3.28. The molecule has 29 heavy (non-hydrogen) atoms. The number of hydrogen-bond acceptors (Lipinski definition) is 7. The average molecular weight is 393 g/mol. The maximum Gasteiger partial charge on any atom is 0.150 e. The number of nitrogen functional groups attached to an aromatic ring is 1. The molecule has 0 fully saturated rings. The highest BCUT2D eigenvalue weighted by molar-refractivity contribution is 5.90. The summed E-state index contributed by atoms with van der Waals surface area (Å²) in [6, 6.07) is 4.82. The summed E-state index contributed by atoms with van der Waals surface area (Å²) in [6.07, 6.45) is 3.86. The van der Waals surface area contributed by atoms with Gasteiger partial charge in [-0.2, -0.15) is 5.26 Å². The van der Waals surface area contributed by atoms with Crippen molar-refractivity contribution in [1.82, 2.24) is 19.5 Å². The maximum absolute atomic E-state index is 14.8. The molecular formula is C20H20FN7O. The Hall–Kier alpha value is -3.51. The molecule has 1 atom stereocenters. The van der Waals surface area contributed by atoms with Crippen LogP contribution < -0.4 is 11.1 Å². The second-order valence-electron chi connectivity index (χ2n) is 6.83. The van der Waals surface area contributed by atoms with Gasteiger partial charge in [0.2, 0.25) is 0 Å². The van der Waals surface area contributed by atoms with Gasteiger partial charge in [-0.3, -0.25) is 0 Å². The lowest BCUT2D eigenvalue weighted by Crippen LogP contribution is -2.15. The highest BCUT2D eigenvalue weighted by Crippen LogP contribution is 2.33. The molecule has 148 valence electrons. The van der Waals surface area contributed by atoms with Gasteiger partial charge in [-0.1, -0.05) is 6.08 Å². The number of nitrogens with two attached hydrogens (primary N) is 1. The first-order chi connectivity index (χ1) is 14.0. The Kier molecular flexibility index (Phi) is 4.86. The fraction of sp³-hybridized carbons (Fsp3) is 0.300. The fourth-order valence-electron chi connectivity index (χ4n) is 3.63. The molecule has 1 aliphatic rings. The van der Waals surface area contributed by atoms with Crippen molar-refractivity contribution in [3.8, 4) is 6.07 Å². The number of imidazole rings is 1. The number of benzene rings is 1. The van der Waals surface area contributed by atoms with Gasteiger partial charge < -0.3 is 20.4 Å². The number of aromatic nitrogens is 4. The number of halogens is 1. The van der Waals surface area contributed by atoms with Crippen LogP contribution in [0.15, 0.2) is 24.5 Å². The number of hydrogen-bond donors (Lipinski definition) is 2. The quantitative estimate of drug-likeness (QED) is 0.700. The third-order valence-electron chi connectivity index (χ3n) is 5.03. The predicted molar refractivity (Wildman–Crippen MR) is 107 cm³/mol. The number of anilines is 2. The highest BCUT2D eigenvalue weighted by atomic mass is 19.1. The van der Waals surface area contributed by atoms with Crippen molar-refractivity contribution in [2.75, 3.05) is 24.3 Å². The van der Waals surface area contributed by atoms with E-state index in [2.05, 4.69) is 15.3 Å². The molecule has 3 aromatic rings. The van der Waals surface area contributed by atoms with Crippen LogP contribution in [0.2, 0.25) is 0 Å². The second kappa shape index (κ2) is 7.48. The lowest BCUT2D eigenvalue weighted by atomic mass is 9.99. The van der Waals surface area contributed by atoms with Gasteiger partial charge in [-0.05, 0) is 31.1 Å². The number of aryl methyl sites for hydroxylation is 1. The summed E-state index contributed by atoms with van der Waals surface area (Å²) >= 11 is 0. The van der Waals surface area contributed by atoms with E-state index in [1.807, 2.05) is 30.7 Å². The summed E-state index contributed by atoms with van der Waals surface area (Å²) in [4.78, 5) is 12.7. The molecule has 0 saturated heterocycles. The van der Waals surface area contributed by atoms with Crippen molar-refractivity contribution in [2.45, 2.75) is 19.4 Å². The number of nitrogens with one attached hydrogen (secondary N) is 1. The van der Waals surface area contributed by atoms with E-state index in [9.17, 15) is 9.65 Å². The second-order valence-corrected chi connectivity index (χ2v) is 6.83. The van der Waals surface area contributed by atoms with E-state index >= 15 is 0 Å². The minimum atomic E-state index is -0.312. The van der Waals surface area contributed by atoms with E-state index in [4.69, 9.17) is 15.5 Å². The Labute approximate surface area is 166 Å². The van der Waals surface area contributed by atoms with E-state index in [1.165, 1.54) is 12.4 Å². The van der Waals surface area contributed by atoms with Crippen LogP contribution in [0.4, 0.5) is 16.0 Å². The molecule has 4 rings (SSSR count). The summed E-state index contributed by atoms with van der Waals surface area (Å²) < 4.78 is 22.0. The number of nitrogens with zero attached hydrogens (tertiary/aromatic N) is 5.